The van der Waals surface area contributed by atoms with Crippen LogP contribution in [0.25, 0.3) is 0 Å². The molecule has 2 aliphatic rings. The second kappa shape index (κ2) is 7.67. The van der Waals surface area contributed by atoms with Crippen LogP contribution in [0.1, 0.15) is 23.2 Å². The van der Waals surface area contributed by atoms with Crippen LogP contribution in [0, 0.1) is 25.6 Å². The zero-order valence-electron chi connectivity index (χ0n) is 16.4. The number of nitrogens with zero attached hydrogens (tertiary/aromatic N) is 2. The molecular weight excluding hydrogens is 440 g/mol. The zero-order chi connectivity index (χ0) is 23.9. The maximum atomic E-state index is 13.3. The van der Waals surface area contributed by atoms with Gasteiger partial charge in [-0.05, 0) is 11.1 Å². The second-order valence-corrected chi connectivity index (χ2v) is 7.29. The van der Waals surface area contributed by atoms with Crippen LogP contribution in [0.2, 0.25) is 0 Å². The lowest BCUT2D eigenvalue weighted by Gasteiger charge is -2.48. The van der Waals surface area contributed by atoms with E-state index < -0.39 is 51.2 Å². The third-order valence-corrected chi connectivity index (χ3v) is 5.50. The Balaban J connectivity index is 1.96. The molecule has 0 aliphatic carbocycles. The van der Waals surface area contributed by atoms with E-state index in [0.717, 1.165) is 12.1 Å². The van der Waals surface area contributed by atoms with Crippen molar-refractivity contribution < 1.29 is 29.0 Å². The molecule has 6 amide bonds. The topological polar surface area (TPSA) is 203 Å². The smallest absolute Gasteiger partial charge is 0.328 e. The summed E-state index contributed by atoms with van der Waals surface area (Å²) >= 11 is 0. The number of nitro benzene ring substituents is 2. The molecule has 4 N–H and O–H groups in total. The van der Waals surface area contributed by atoms with Gasteiger partial charge >= 0.3 is 12.1 Å². The van der Waals surface area contributed by atoms with Gasteiger partial charge in [-0.25, -0.2) is 9.59 Å². The van der Waals surface area contributed by atoms with Crippen LogP contribution in [0.15, 0.2) is 48.5 Å². The third-order valence-electron chi connectivity index (χ3n) is 5.50. The molecular formula is C19H14N6O8. The van der Waals surface area contributed by atoms with Crippen LogP contribution >= 0.6 is 0 Å². The highest BCUT2D eigenvalue weighted by Gasteiger charge is 2.64. The molecule has 2 heterocycles. The summed E-state index contributed by atoms with van der Waals surface area (Å²) in [4.78, 5) is 72.0. The minimum Gasteiger partial charge on any atom is -0.330 e. The van der Waals surface area contributed by atoms with Crippen LogP contribution in [-0.2, 0) is 9.59 Å². The number of carbonyl (C=O) groups excluding carboxylic acids is 4. The van der Waals surface area contributed by atoms with Gasteiger partial charge in [-0.2, -0.15) is 0 Å². The molecule has 0 unspecified atom stereocenters. The molecule has 1 spiro atoms. The van der Waals surface area contributed by atoms with Gasteiger partial charge < -0.3 is 10.6 Å². The van der Waals surface area contributed by atoms with Crippen LogP contribution in [0.5, 0.6) is 0 Å². The number of amides is 6. The molecule has 0 saturated carbocycles. The number of nitro groups is 2. The minimum absolute atomic E-state index is 0.0362. The highest BCUT2D eigenvalue weighted by Crippen LogP contribution is 2.49. The number of hydrogen-bond donors (Lipinski definition) is 4. The summed E-state index contributed by atoms with van der Waals surface area (Å²) < 4.78 is 0. The molecule has 0 radical (unpaired) electrons. The molecule has 2 saturated heterocycles. The fourth-order valence-electron chi connectivity index (χ4n) is 4.10. The van der Waals surface area contributed by atoms with Crippen molar-refractivity contribution in [1.82, 2.24) is 21.3 Å². The first-order valence-corrected chi connectivity index (χ1v) is 9.37. The van der Waals surface area contributed by atoms with Crippen molar-refractivity contribution in [3.05, 3.63) is 79.9 Å². The SMILES string of the molecule is O=C1NC(=O)C2(C(=O)N1)[C@@H](c1cccc([N+](=O)[O-])c1)NC(=O)N[C@H]2c1cccc([N+](=O)[O-])c1. The molecule has 2 atom stereocenters. The standard InChI is InChI=1S/C19H14N6O8/c26-15-19(16(27)23-18(29)22-15)13(9-3-1-5-11(7-9)24(30)31)20-17(28)21-14(19)10-4-2-6-12(8-10)25(32)33/h1-8,13-14H,(H2,20,21,28)(H2,22,23,26,27,29)/t13-,14+. The molecule has 0 aromatic heterocycles. The Morgan fingerprint density at radius 3 is 1.52 bits per heavy atom. The Labute approximate surface area is 183 Å². The van der Waals surface area contributed by atoms with Crippen molar-refractivity contribution in [3.63, 3.8) is 0 Å². The summed E-state index contributed by atoms with van der Waals surface area (Å²) in [5, 5.41) is 31.4. The van der Waals surface area contributed by atoms with Gasteiger partial charge in [-0.15, -0.1) is 0 Å². The molecule has 14 heteroatoms. The summed E-state index contributed by atoms with van der Waals surface area (Å²) in [7, 11) is 0. The molecule has 2 aliphatic heterocycles. The lowest BCUT2D eigenvalue weighted by molar-refractivity contribution is -0.385. The Morgan fingerprint density at radius 2 is 1.12 bits per heavy atom. The molecule has 2 fully saturated rings. The van der Waals surface area contributed by atoms with E-state index in [1.54, 1.807) is 0 Å². The van der Waals surface area contributed by atoms with Crippen LogP contribution in [0.3, 0.4) is 0 Å². The summed E-state index contributed by atoms with van der Waals surface area (Å²) in [5.74, 6) is -2.20. The first kappa shape index (κ1) is 21.4. The predicted molar refractivity (Wildman–Crippen MR) is 107 cm³/mol. The largest absolute Gasteiger partial charge is 0.330 e. The van der Waals surface area contributed by atoms with E-state index in [1.165, 1.54) is 36.4 Å². The third kappa shape index (κ3) is 3.38. The van der Waals surface area contributed by atoms with E-state index in [-0.39, 0.29) is 22.5 Å². The summed E-state index contributed by atoms with van der Waals surface area (Å²) in [6, 6.07) is 5.01. The normalized spacial score (nSPS) is 21.5. The van der Waals surface area contributed by atoms with Crippen LogP contribution < -0.4 is 21.3 Å². The quantitative estimate of drug-likeness (QED) is 0.297. The highest BCUT2D eigenvalue weighted by atomic mass is 16.6. The van der Waals surface area contributed by atoms with Crippen molar-refractivity contribution in [2.75, 3.05) is 0 Å². The molecule has 168 valence electrons. The molecule has 2 aromatic carbocycles. The average molecular weight is 454 g/mol. The van der Waals surface area contributed by atoms with Gasteiger partial charge in [0.15, 0.2) is 5.41 Å². The maximum absolute atomic E-state index is 13.3. The van der Waals surface area contributed by atoms with Crippen molar-refractivity contribution in [1.29, 1.82) is 0 Å². The first-order chi connectivity index (χ1) is 15.6. The monoisotopic (exact) mass is 454 g/mol. The number of hydrogen-bond acceptors (Lipinski definition) is 8. The maximum Gasteiger partial charge on any atom is 0.328 e. The lowest BCUT2D eigenvalue weighted by Crippen LogP contribution is -2.73. The Bertz CT molecular complexity index is 1150. The number of rotatable bonds is 4. The zero-order valence-corrected chi connectivity index (χ0v) is 16.4. The van der Waals surface area contributed by atoms with Crippen LogP contribution in [-0.4, -0.2) is 33.7 Å². The minimum atomic E-state index is -2.27. The van der Waals surface area contributed by atoms with Crippen molar-refractivity contribution in [3.8, 4) is 0 Å². The number of barbiturate groups is 1. The Hall–Kier alpha value is -4.88. The van der Waals surface area contributed by atoms with Crippen LogP contribution in [0.4, 0.5) is 21.0 Å². The summed E-state index contributed by atoms with van der Waals surface area (Å²) in [6.45, 7) is 0. The fourth-order valence-corrected chi connectivity index (χ4v) is 4.10. The molecule has 2 aromatic rings. The number of nitrogens with one attached hydrogen (secondary N) is 4. The average Bonchev–Trinajstić information content (AvgIpc) is 2.77. The highest BCUT2D eigenvalue weighted by molar-refractivity contribution is 6.21. The van der Waals surface area contributed by atoms with Gasteiger partial charge in [0.1, 0.15) is 0 Å². The molecule has 4 rings (SSSR count). The summed E-state index contributed by atoms with van der Waals surface area (Å²) in [6.07, 6.45) is 0. The molecule has 0 bridgehead atoms. The van der Waals surface area contributed by atoms with Gasteiger partial charge in [0.05, 0.1) is 21.9 Å². The number of urea groups is 2. The van der Waals surface area contributed by atoms with Gasteiger partial charge in [0, 0.05) is 24.3 Å². The second-order valence-electron chi connectivity index (χ2n) is 7.29. The molecule has 14 nitrogen and oxygen atoms in total. The number of carbonyl (C=O) groups is 4. The lowest BCUT2D eigenvalue weighted by atomic mass is 9.65. The number of non-ortho nitro benzene ring substituents is 2. The van der Waals surface area contributed by atoms with Crippen molar-refractivity contribution >= 4 is 35.3 Å². The van der Waals surface area contributed by atoms with Crippen molar-refractivity contribution in [2.45, 2.75) is 12.1 Å². The van der Waals surface area contributed by atoms with E-state index in [1.807, 2.05) is 10.6 Å². The number of benzene rings is 2. The number of imide groups is 2. The predicted octanol–water partition coefficient (Wildman–Crippen LogP) is 0.951. The van der Waals surface area contributed by atoms with E-state index in [4.69, 9.17) is 0 Å². The Kier molecular flexibility index (Phi) is 4.96. The van der Waals surface area contributed by atoms with Gasteiger partial charge in [0.2, 0.25) is 11.8 Å². The van der Waals surface area contributed by atoms with E-state index in [0.29, 0.717) is 0 Å². The van der Waals surface area contributed by atoms with Crippen molar-refractivity contribution in [2.24, 2.45) is 5.41 Å². The fraction of sp³-hybridized carbons (Fsp3) is 0.158. The summed E-state index contributed by atoms with van der Waals surface area (Å²) in [5.41, 5.74) is -2.93. The van der Waals surface area contributed by atoms with E-state index >= 15 is 0 Å². The van der Waals surface area contributed by atoms with Gasteiger partial charge in [0.25, 0.3) is 11.4 Å². The molecule has 33 heavy (non-hydrogen) atoms. The van der Waals surface area contributed by atoms with Gasteiger partial charge in [-0.3, -0.25) is 40.5 Å². The first-order valence-electron chi connectivity index (χ1n) is 9.37. The van der Waals surface area contributed by atoms with E-state index in [2.05, 4.69) is 10.6 Å². The van der Waals surface area contributed by atoms with E-state index in [9.17, 15) is 39.4 Å². The van der Waals surface area contributed by atoms with Gasteiger partial charge in [-0.1, -0.05) is 24.3 Å². The Morgan fingerprint density at radius 1 is 0.697 bits per heavy atom.